The van der Waals surface area contributed by atoms with Gasteiger partial charge in [-0.15, -0.1) is 0 Å². The number of halogens is 1. The molecule has 0 unspecified atom stereocenters. The molecule has 1 aliphatic rings. The number of carbonyl (C=O) groups is 1. The number of esters is 1. The SMILES string of the molecule is CCOC(=O)c1nc([C@@H]2O[C@H](CO)[C@@H](O)[C@H]2O)sc1F. The molecule has 20 heavy (non-hydrogen) atoms. The molecule has 9 heteroatoms. The maximum atomic E-state index is 13.6. The highest BCUT2D eigenvalue weighted by molar-refractivity contribution is 7.10. The number of rotatable bonds is 4. The Morgan fingerprint density at radius 3 is 2.75 bits per heavy atom. The second-order valence-electron chi connectivity index (χ2n) is 4.15. The van der Waals surface area contributed by atoms with Gasteiger partial charge in [-0.1, -0.05) is 11.3 Å². The summed E-state index contributed by atoms with van der Waals surface area (Å²) in [6, 6.07) is 0. The van der Waals surface area contributed by atoms with E-state index in [1.807, 2.05) is 0 Å². The molecule has 0 aromatic carbocycles. The molecule has 0 spiro atoms. The summed E-state index contributed by atoms with van der Waals surface area (Å²) in [7, 11) is 0. The van der Waals surface area contributed by atoms with Crippen LogP contribution in [0.3, 0.4) is 0 Å². The lowest BCUT2D eigenvalue weighted by molar-refractivity contribution is -0.0228. The number of nitrogens with zero attached hydrogens (tertiary/aromatic N) is 1. The first-order valence-corrected chi connectivity index (χ1v) is 6.77. The predicted octanol–water partition coefficient (Wildman–Crippen LogP) is -0.387. The number of aliphatic hydroxyl groups is 3. The molecule has 0 bridgehead atoms. The van der Waals surface area contributed by atoms with Crippen LogP contribution < -0.4 is 0 Å². The zero-order chi connectivity index (χ0) is 14.9. The van der Waals surface area contributed by atoms with E-state index in [1.165, 1.54) is 0 Å². The molecule has 0 saturated carbocycles. The van der Waals surface area contributed by atoms with Crippen LogP contribution in [0.25, 0.3) is 0 Å². The third-order valence-electron chi connectivity index (χ3n) is 2.86. The molecule has 1 fully saturated rings. The first-order chi connectivity index (χ1) is 9.49. The molecule has 1 aliphatic heterocycles. The summed E-state index contributed by atoms with van der Waals surface area (Å²) in [6.45, 7) is 1.17. The summed E-state index contributed by atoms with van der Waals surface area (Å²) in [5, 5.41) is 27.5. The van der Waals surface area contributed by atoms with E-state index in [0.717, 1.165) is 0 Å². The van der Waals surface area contributed by atoms with Gasteiger partial charge in [-0.3, -0.25) is 0 Å². The molecule has 2 rings (SSSR count). The van der Waals surface area contributed by atoms with Gasteiger partial charge in [0.15, 0.2) is 5.69 Å². The van der Waals surface area contributed by atoms with Gasteiger partial charge in [0.2, 0.25) is 5.13 Å². The van der Waals surface area contributed by atoms with Crippen molar-refractivity contribution in [2.75, 3.05) is 13.2 Å². The zero-order valence-corrected chi connectivity index (χ0v) is 11.3. The van der Waals surface area contributed by atoms with Crippen molar-refractivity contribution >= 4 is 17.3 Å². The Bertz CT molecular complexity index is 495. The Morgan fingerprint density at radius 1 is 1.50 bits per heavy atom. The predicted molar refractivity (Wildman–Crippen MR) is 64.7 cm³/mol. The van der Waals surface area contributed by atoms with Gasteiger partial charge in [0.25, 0.3) is 0 Å². The second-order valence-corrected chi connectivity index (χ2v) is 5.13. The van der Waals surface area contributed by atoms with Crippen molar-refractivity contribution in [3.63, 3.8) is 0 Å². The van der Waals surface area contributed by atoms with Crippen molar-refractivity contribution in [3.05, 3.63) is 15.8 Å². The van der Waals surface area contributed by atoms with Crippen LogP contribution >= 0.6 is 11.3 Å². The topological polar surface area (TPSA) is 109 Å². The minimum absolute atomic E-state index is 0.00746. The molecular weight excluding hydrogens is 293 g/mol. The van der Waals surface area contributed by atoms with Gasteiger partial charge >= 0.3 is 5.97 Å². The van der Waals surface area contributed by atoms with Crippen molar-refractivity contribution in [3.8, 4) is 0 Å². The molecular formula is C11H14FNO6S. The summed E-state index contributed by atoms with van der Waals surface area (Å²) in [5.74, 6) is -0.903. The van der Waals surface area contributed by atoms with Crippen molar-refractivity contribution in [2.24, 2.45) is 0 Å². The van der Waals surface area contributed by atoms with Crippen LogP contribution in [0.5, 0.6) is 0 Å². The Balaban J connectivity index is 2.22. The quantitative estimate of drug-likeness (QED) is 0.650. The highest BCUT2D eigenvalue weighted by atomic mass is 32.1. The van der Waals surface area contributed by atoms with Crippen molar-refractivity contribution in [1.82, 2.24) is 4.98 Å². The van der Waals surface area contributed by atoms with Gasteiger partial charge < -0.3 is 24.8 Å². The molecule has 4 atom stereocenters. The molecule has 1 aromatic heterocycles. The summed E-state index contributed by atoms with van der Waals surface area (Å²) in [6.07, 6.45) is -4.73. The van der Waals surface area contributed by atoms with Crippen LogP contribution in [0.4, 0.5) is 4.39 Å². The molecule has 0 radical (unpaired) electrons. The molecule has 0 amide bonds. The van der Waals surface area contributed by atoms with E-state index in [0.29, 0.717) is 11.3 Å². The van der Waals surface area contributed by atoms with Crippen molar-refractivity contribution in [1.29, 1.82) is 0 Å². The Kier molecular flexibility index (Phi) is 4.66. The van der Waals surface area contributed by atoms with E-state index in [-0.39, 0.29) is 11.6 Å². The largest absolute Gasteiger partial charge is 0.461 e. The standard InChI is InChI=1S/C11H14FNO6S/c1-2-18-11(17)5-9(12)20-10(13-5)8-7(16)6(15)4(3-14)19-8/h4,6-8,14-16H,2-3H2,1H3/t4-,6-,7-,8-/m1/s1. The highest BCUT2D eigenvalue weighted by Gasteiger charge is 2.45. The van der Waals surface area contributed by atoms with Crippen LogP contribution in [0.1, 0.15) is 28.5 Å². The number of aliphatic hydroxyl groups excluding tert-OH is 3. The third-order valence-corrected chi connectivity index (χ3v) is 3.76. The molecule has 0 aliphatic carbocycles. The normalized spacial score (nSPS) is 29.6. The van der Waals surface area contributed by atoms with Crippen molar-refractivity contribution < 1.29 is 34.0 Å². The summed E-state index contributed by atoms with van der Waals surface area (Å²) in [5.41, 5.74) is -0.482. The zero-order valence-electron chi connectivity index (χ0n) is 10.5. The van der Waals surface area contributed by atoms with Crippen LogP contribution in [0.15, 0.2) is 0 Å². The smallest absolute Gasteiger partial charge is 0.360 e. The van der Waals surface area contributed by atoms with Gasteiger partial charge in [-0.05, 0) is 6.92 Å². The number of carbonyl (C=O) groups excluding carboxylic acids is 1. The fraction of sp³-hybridized carbons (Fsp3) is 0.636. The van der Waals surface area contributed by atoms with Gasteiger partial charge in [0.05, 0.1) is 13.2 Å². The van der Waals surface area contributed by atoms with E-state index >= 15 is 0 Å². The number of hydrogen-bond donors (Lipinski definition) is 3. The van der Waals surface area contributed by atoms with E-state index in [4.69, 9.17) is 9.84 Å². The van der Waals surface area contributed by atoms with Gasteiger partial charge in [0, 0.05) is 0 Å². The Labute approximate surface area is 117 Å². The summed E-state index contributed by atoms with van der Waals surface area (Å²) < 4.78 is 23.5. The number of hydrogen-bond acceptors (Lipinski definition) is 8. The molecule has 112 valence electrons. The first-order valence-electron chi connectivity index (χ1n) is 5.95. The number of ether oxygens (including phenoxy) is 2. The summed E-state index contributed by atoms with van der Waals surface area (Å²) >= 11 is 0.528. The van der Waals surface area contributed by atoms with Crippen LogP contribution in [0, 0.1) is 5.13 Å². The molecule has 1 saturated heterocycles. The fourth-order valence-electron chi connectivity index (χ4n) is 1.87. The monoisotopic (exact) mass is 307 g/mol. The van der Waals surface area contributed by atoms with Crippen LogP contribution in [-0.2, 0) is 9.47 Å². The van der Waals surface area contributed by atoms with E-state index < -0.39 is 47.8 Å². The Hall–Kier alpha value is -1.13. The van der Waals surface area contributed by atoms with E-state index in [1.54, 1.807) is 6.92 Å². The molecule has 2 heterocycles. The second kappa shape index (κ2) is 6.10. The molecule has 7 nitrogen and oxygen atoms in total. The average molecular weight is 307 g/mol. The van der Waals surface area contributed by atoms with Gasteiger partial charge in [0.1, 0.15) is 29.4 Å². The average Bonchev–Trinajstić information content (AvgIpc) is 2.92. The number of thiazole rings is 1. The van der Waals surface area contributed by atoms with E-state index in [9.17, 15) is 19.4 Å². The van der Waals surface area contributed by atoms with Crippen LogP contribution in [0.2, 0.25) is 0 Å². The lowest BCUT2D eigenvalue weighted by atomic mass is 10.1. The minimum Gasteiger partial charge on any atom is -0.461 e. The highest BCUT2D eigenvalue weighted by Crippen LogP contribution is 2.36. The fourth-order valence-corrected chi connectivity index (χ4v) is 2.73. The minimum atomic E-state index is -1.35. The van der Waals surface area contributed by atoms with Gasteiger partial charge in [-0.25, -0.2) is 9.78 Å². The van der Waals surface area contributed by atoms with E-state index in [2.05, 4.69) is 9.72 Å². The molecule has 3 N–H and O–H groups in total. The third kappa shape index (κ3) is 2.67. The van der Waals surface area contributed by atoms with Gasteiger partial charge in [-0.2, -0.15) is 4.39 Å². The Morgan fingerprint density at radius 2 is 2.20 bits per heavy atom. The number of aromatic nitrogens is 1. The van der Waals surface area contributed by atoms with Crippen molar-refractivity contribution in [2.45, 2.75) is 31.3 Å². The first kappa shape index (κ1) is 15.3. The summed E-state index contributed by atoms with van der Waals surface area (Å²) in [4.78, 5) is 15.2. The lowest BCUT2D eigenvalue weighted by Gasteiger charge is -2.11. The lowest BCUT2D eigenvalue weighted by Crippen LogP contribution is -2.32. The molecule has 1 aromatic rings. The van der Waals surface area contributed by atoms with Crippen LogP contribution in [-0.4, -0.2) is 57.8 Å². The maximum absolute atomic E-state index is 13.6. The maximum Gasteiger partial charge on any atom is 0.360 e.